The van der Waals surface area contributed by atoms with Gasteiger partial charge in [-0.2, -0.15) is 4.89 Å². The van der Waals surface area contributed by atoms with E-state index in [-0.39, 0.29) is 11.8 Å². The molecule has 0 aromatic rings. The first-order valence-corrected chi connectivity index (χ1v) is 23.5. The van der Waals surface area contributed by atoms with Crippen molar-refractivity contribution in [3.8, 4) is 0 Å². The Balaban J connectivity index is 3.26. The zero-order chi connectivity index (χ0) is 27.1. The lowest BCUT2D eigenvalue weighted by Crippen LogP contribution is -2.17. The maximum Gasteiger partial charge on any atom is 0.280 e. The van der Waals surface area contributed by atoms with Gasteiger partial charge in [-0.3, -0.25) is 14.0 Å². The van der Waals surface area contributed by atoms with E-state index >= 15 is 0 Å². The molecule has 218 valence electrons. The van der Waals surface area contributed by atoms with Crippen LogP contribution in [0.15, 0.2) is 9.98 Å². The summed E-state index contributed by atoms with van der Waals surface area (Å²) in [6.07, 6.45) is 3.80. The molecule has 0 aromatic carbocycles. The average Bonchev–Trinajstić information content (AvgIpc) is 2.89. The summed E-state index contributed by atoms with van der Waals surface area (Å²) in [5.41, 5.74) is 1.55. The predicted octanol–water partition coefficient (Wildman–Crippen LogP) is 6.33. The number of carbonyl (C=O) groups excluding carboxylic acids is 1. The number of aliphatic hydroxyl groups is 1. The molecule has 2 N–H and O–H groups in total. The number of amides is 1. The standard InChI is InChI=1S/C18H35N3O5S11/c1-27-6-20-9-37(24)17-35-15-33-13-32-14-34-16-36-18(23)21-8-29-11-31-12-30-10-28-7-19-5-26-25-4-2-3-22/h5,9,22H,2-4,6-8,10-17H2,1H3,(H,21,23). The van der Waals surface area contributed by atoms with Gasteiger partial charge in [-0.25, -0.2) is 4.99 Å². The Morgan fingerprint density at radius 3 is 2.24 bits per heavy atom. The van der Waals surface area contributed by atoms with E-state index in [0.717, 1.165) is 35.6 Å². The molecule has 19 heteroatoms. The van der Waals surface area contributed by atoms with Gasteiger partial charge in [-0.05, 0) is 12.7 Å². The van der Waals surface area contributed by atoms with E-state index < -0.39 is 10.8 Å². The highest BCUT2D eigenvalue weighted by Gasteiger charge is 2.02. The van der Waals surface area contributed by atoms with E-state index in [1.165, 1.54) is 18.2 Å². The van der Waals surface area contributed by atoms with Crippen LogP contribution in [0.1, 0.15) is 6.42 Å². The molecule has 0 saturated heterocycles. The van der Waals surface area contributed by atoms with Gasteiger partial charge < -0.3 is 15.3 Å². The van der Waals surface area contributed by atoms with Crippen LogP contribution in [0.3, 0.4) is 0 Å². The molecule has 0 rings (SSSR count). The van der Waals surface area contributed by atoms with Crippen molar-refractivity contribution < 1.29 is 23.9 Å². The highest BCUT2D eigenvalue weighted by atomic mass is 32.3. The van der Waals surface area contributed by atoms with Crippen LogP contribution in [0.2, 0.25) is 0 Å². The van der Waals surface area contributed by atoms with Gasteiger partial charge in [0, 0.05) is 42.2 Å². The highest BCUT2D eigenvalue weighted by molar-refractivity contribution is 8.30. The van der Waals surface area contributed by atoms with Gasteiger partial charge in [0.25, 0.3) is 5.24 Å². The SMILES string of the molecule is CSCN=CS(=O)CSCSCSCSCSC(=O)NCSCSCSCSCN=COOCCCO. The molecule has 0 aromatic heterocycles. The van der Waals surface area contributed by atoms with E-state index in [2.05, 4.69) is 15.3 Å². The topological polar surface area (TPSA) is 110 Å². The van der Waals surface area contributed by atoms with Crippen LogP contribution >= 0.6 is 118 Å². The maximum absolute atomic E-state index is 11.9. The molecule has 1 atom stereocenters. The minimum Gasteiger partial charge on any atom is -0.396 e. The molecular formula is C18H35N3O5S11. The Labute approximate surface area is 266 Å². The van der Waals surface area contributed by atoms with Crippen molar-refractivity contribution in [1.29, 1.82) is 0 Å². The largest absolute Gasteiger partial charge is 0.396 e. The number of thioether (sulfide) groups is 10. The molecular weight excluding hydrogens is 691 g/mol. The van der Waals surface area contributed by atoms with Gasteiger partial charge in [0.05, 0.1) is 45.7 Å². The number of aliphatic imine (C=N–C) groups is 2. The summed E-state index contributed by atoms with van der Waals surface area (Å²) < 4.78 is 11.6. The lowest BCUT2D eigenvalue weighted by atomic mass is 10.5. The summed E-state index contributed by atoms with van der Waals surface area (Å²) in [5.74, 6) is 1.92. The normalized spacial score (nSPS) is 12.5. The predicted molar refractivity (Wildman–Crippen MR) is 188 cm³/mol. The number of rotatable bonds is 28. The number of nitrogens with zero attached hydrogens (tertiary/aromatic N) is 2. The molecule has 8 nitrogen and oxygen atoms in total. The van der Waals surface area contributed by atoms with E-state index in [0.29, 0.717) is 35.7 Å². The number of carbonyl (C=O) groups is 1. The molecule has 0 spiro atoms. The molecule has 0 bridgehead atoms. The van der Waals surface area contributed by atoms with Crippen molar-refractivity contribution in [2.24, 2.45) is 9.98 Å². The fraction of sp³-hybridized carbons (Fsp3) is 0.833. The third kappa shape index (κ3) is 34.3. The summed E-state index contributed by atoms with van der Waals surface area (Å²) in [5, 5.41) is 18.7. The highest BCUT2D eigenvalue weighted by Crippen LogP contribution is 2.24. The molecule has 0 fully saturated rings. The van der Waals surface area contributed by atoms with Gasteiger partial charge in [-0.15, -0.1) is 106 Å². The Hall–Kier alpha value is 2.18. The van der Waals surface area contributed by atoms with Crippen molar-refractivity contribution in [2.75, 3.05) is 77.8 Å². The van der Waals surface area contributed by atoms with E-state index in [1.807, 2.05) is 53.3 Å². The molecule has 0 aliphatic rings. The Morgan fingerprint density at radius 1 is 0.892 bits per heavy atom. The quantitative estimate of drug-likeness (QED) is 0.0234. The molecule has 1 amide bonds. The monoisotopic (exact) mass is 725 g/mol. The summed E-state index contributed by atoms with van der Waals surface area (Å²) in [7, 11) is -0.972. The minimum atomic E-state index is -0.972. The van der Waals surface area contributed by atoms with Crippen LogP contribution in [0, 0.1) is 0 Å². The number of aliphatic hydroxyl groups excluding tert-OH is 1. The van der Waals surface area contributed by atoms with Gasteiger partial charge in [0.1, 0.15) is 0 Å². The second-order valence-electron chi connectivity index (χ2n) is 5.83. The lowest BCUT2D eigenvalue weighted by Gasteiger charge is -2.05. The van der Waals surface area contributed by atoms with Crippen LogP contribution in [-0.2, 0) is 20.6 Å². The van der Waals surface area contributed by atoms with Crippen molar-refractivity contribution in [2.45, 2.75) is 6.42 Å². The van der Waals surface area contributed by atoms with Gasteiger partial charge in [-0.1, -0.05) is 11.8 Å². The molecule has 37 heavy (non-hydrogen) atoms. The zero-order valence-corrected chi connectivity index (χ0v) is 29.5. The number of hydrogen-bond acceptors (Lipinski definition) is 17. The Morgan fingerprint density at radius 2 is 1.54 bits per heavy atom. The maximum atomic E-state index is 11.9. The second-order valence-corrected chi connectivity index (χ2v) is 19.7. The number of hydrogen-bond donors (Lipinski definition) is 2. The van der Waals surface area contributed by atoms with E-state index in [1.54, 1.807) is 64.4 Å². The van der Waals surface area contributed by atoms with Crippen LogP contribution < -0.4 is 5.32 Å². The van der Waals surface area contributed by atoms with Gasteiger partial charge in [0.15, 0.2) is 0 Å². The minimum absolute atomic E-state index is 0.0314. The third-order valence-corrected chi connectivity index (χ3v) is 15.5. The molecule has 0 radical (unpaired) electrons. The fourth-order valence-corrected chi connectivity index (χ4v) is 13.2. The second kappa shape index (κ2) is 34.4. The van der Waals surface area contributed by atoms with Gasteiger partial charge in [0.2, 0.25) is 6.40 Å². The lowest BCUT2D eigenvalue weighted by molar-refractivity contribution is -0.217. The van der Waals surface area contributed by atoms with Crippen LogP contribution in [-0.4, -0.2) is 104 Å². The first-order valence-electron chi connectivity index (χ1n) is 10.5. The van der Waals surface area contributed by atoms with Crippen LogP contribution in [0.4, 0.5) is 4.79 Å². The van der Waals surface area contributed by atoms with Crippen molar-refractivity contribution >= 4 is 146 Å². The Kier molecular flexibility index (Phi) is 36.4. The summed E-state index contributed by atoms with van der Waals surface area (Å²) in [4.78, 5) is 29.5. The smallest absolute Gasteiger partial charge is 0.280 e. The van der Waals surface area contributed by atoms with E-state index in [9.17, 15) is 9.00 Å². The Bertz CT molecular complexity index is 598. The molecule has 0 heterocycles. The van der Waals surface area contributed by atoms with Crippen LogP contribution in [0.25, 0.3) is 0 Å². The molecule has 0 aliphatic heterocycles. The van der Waals surface area contributed by atoms with Gasteiger partial charge >= 0.3 is 0 Å². The fourth-order valence-electron chi connectivity index (χ4n) is 1.51. The zero-order valence-electron chi connectivity index (χ0n) is 20.5. The summed E-state index contributed by atoms with van der Waals surface area (Å²) in [6, 6.07) is 0. The molecule has 0 saturated carbocycles. The summed E-state index contributed by atoms with van der Waals surface area (Å²) >= 11 is 17.2. The average molecular weight is 726 g/mol. The summed E-state index contributed by atoms with van der Waals surface area (Å²) in [6.45, 7) is 0.436. The van der Waals surface area contributed by atoms with Crippen molar-refractivity contribution in [3.05, 3.63) is 0 Å². The first kappa shape index (κ1) is 39.2. The van der Waals surface area contributed by atoms with E-state index in [4.69, 9.17) is 14.9 Å². The van der Waals surface area contributed by atoms with Crippen molar-refractivity contribution in [1.82, 2.24) is 5.32 Å². The third-order valence-electron chi connectivity index (χ3n) is 2.92. The number of nitrogens with one attached hydrogen (secondary N) is 1. The molecule has 0 aliphatic carbocycles. The first-order chi connectivity index (χ1) is 18.2. The van der Waals surface area contributed by atoms with Crippen molar-refractivity contribution in [3.63, 3.8) is 0 Å². The van der Waals surface area contributed by atoms with Crippen LogP contribution in [0.5, 0.6) is 0 Å². The molecule has 1 unspecified atom stereocenters.